The summed E-state index contributed by atoms with van der Waals surface area (Å²) in [6, 6.07) is 17.6. The molecule has 6 heteroatoms. The largest absolute Gasteiger partial charge is 0.377 e. The molecule has 1 saturated carbocycles. The lowest BCUT2D eigenvalue weighted by molar-refractivity contribution is 0.0954. The molecule has 3 N–H and O–H groups in total. The highest BCUT2D eigenvalue weighted by molar-refractivity contribution is 5.94. The number of rotatable bonds is 9. The molecule has 0 aromatic heterocycles. The Balaban J connectivity index is 1.28. The third-order valence-electron chi connectivity index (χ3n) is 6.09. The number of benzene rings is 2. The summed E-state index contributed by atoms with van der Waals surface area (Å²) in [5, 5.41) is 9.31. The van der Waals surface area contributed by atoms with Crippen LogP contribution in [0.4, 0.5) is 11.4 Å². The molecule has 3 aromatic rings. The fourth-order valence-corrected chi connectivity index (χ4v) is 4.18. The van der Waals surface area contributed by atoms with E-state index in [-0.39, 0.29) is 11.9 Å². The number of hydrogen-bond acceptors (Lipinski definition) is 5. The SMILES string of the molecule is O=C(NCCc1ccccc1)c1ccc(CNc2c(NC3CCCCC3)c(=O)c2=O)cc1. The van der Waals surface area contributed by atoms with Gasteiger partial charge in [-0.15, -0.1) is 0 Å². The highest BCUT2D eigenvalue weighted by atomic mass is 16.2. The number of hydrogen-bond donors (Lipinski definition) is 3. The van der Waals surface area contributed by atoms with Crippen molar-refractivity contribution in [2.24, 2.45) is 0 Å². The third-order valence-corrected chi connectivity index (χ3v) is 6.09. The summed E-state index contributed by atoms with van der Waals surface area (Å²) in [4.78, 5) is 36.4. The molecule has 32 heavy (non-hydrogen) atoms. The minimum atomic E-state index is -0.460. The normalized spacial score (nSPS) is 14.2. The molecular formula is C26H29N3O3. The Morgan fingerprint density at radius 3 is 2.22 bits per heavy atom. The number of anilines is 2. The number of nitrogens with one attached hydrogen (secondary N) is 3. The highest BCUT2D eigenvalue weighted by Crippen LogP contribution is 2.24. The second-order valence-corrected chi connectivity index (χ2v) is 8.43. The summed E-state index contributed by atoms with van der Waals surface area (Å²) in [6.45, 7) is 0.993. The van der Waals surface area contributed by atoms with Gasteiger partial charge in [0, 0.05) is 24.7 Å². The first kappa shape index (κ1) is 21.8. The van der Waals surface area contributed by atoms with Crippen LogP contribution in [0.3, 0.4) is 0 Å². The summed E-state index contributed by atoms with van der Waals surface area (Å²) >= 11 is 0. The van der Waals surface area contributed by atoms with Crippen molar-refractivity contribution in [3.8, 4) is 0 Å². The topological polar surface area (TPSA) is 87.3 Å². The van der Waals surface area contributed by atoms with Crippen molar-refractivity contribution in [1.82, 2.24) is 5.32 Å². The zero-order chi connectivity index (χ0) is 22.3. The Labute approximate surface area is 187 Å². The first-order valence-electron chi connectivity index (χ1n) is 11.4. The molecule has 1 aliphatic carbocycles. The van der Waals surface area contributed by atoms with Crippen molar-refractivity contribution in [2.45, 2.75) is 51.1 Å². The van der Waals surface area contributed by atoms with Crippen LogP contribution in [0.5, 0.6) is 0 Å². The zero-order valence-corrected chi connectivity index (χ0v) is 18.2. The fourth-order valence-electron chi connectivity index (χ4n) is 4.18. The van der Waals surface area contributed by atoms with Gasteiger partial charge in [0.2, 0.25) is 0 Å². The number of carbonyl (C=O) groups is 1. The Morgan fingerprint density at radius 1 is 0.812 bits per heavy atom. The lowest BCUT2D eigenvalue weighted by Crippen LogP contribution is -2.40. The minimum Gasteiger partial charge on any atom is -0.377 e. The average Bonchev–Trinajstić information content (AvgIpc) is 2.84. The molecule has 4 rings (SSSR count). The van der Waals surface area contributed by atoms with Gasteiger partial charge >= 0.3 is 0 Å². The Bertz CT molecular complexity index is 1110. The Kier molecular flexibility index (Phi) is 7.00. The van der Waals surface area contributed by atoms with Crippen LogP contribution in [0.1, 0.15) is 53.6 Å². The van der Waals surface area contributed by atoms with Gasteiger partial charge < -0.3 is 16.0 Å². The summed E-state index contributed by atoms with van der Waals surface area (Å²) in [7, 11) is 0. The Morgan fingerprint density at radius 2 is 1.50 bits per heavy atom. The Hall–Kier alpha value is -3.41. The third kappa shape index (κ3) is 5.25. The molecule has 0 spiro atoms. The maximum absolute atomic E-state index is 12.4. The van der Waals surface area contributed by atoms with E-state index < -0.39 is 10.9 Å². The smallest absolute Gasteiger partial charge is 0.253 e. The van der Waals surface area contributed by atoms with Crippen molar-refractivity contribution in [2.75, 3.05) is 17.2 Å². The second kappa shape index (κ2) is 10.3. The van der Waals surface area contributed by atoms with Gasteiger partial charge in [-0.05, 0) is 42.5 Å². The molecule has 3 aromatic carbocycles. The van der Waals surface area contributed by atoms with Gasteiger partial charge in [0.05, 0.1) is 0 Å². The molecule has 1 amide bonds. The molecule has 1 aliphatic rings. The van der Waals surface area contributed by atoms with E-state index in [1.165, 1.54) is 12.0 Å². The van der Waals surface area contributed by atoms with E-state index in [4.69, 9.17) is 0 Å². The van der Waals surface area contributed by atoms with E-state index >= 15 is 0 Å². The summed E-state index contributed by atoms with van der Waals surface area (Å²) in [6.07, 6.45) is 6.40. The highest BCUT2D eigenvalue weighted by Gasteiger charge is 2.24. The maximum Gasteiger partial charge on any atom is 0.253 e. The predicted molar refractivity (Wildman–Crippen MR) is 128 cm³/mol. The second-order valence-electron chi connectivity index (χ2n) is 8.43. The van der Waals surface area contributed by atoms with Gasteiger partial charge in [0.25, 0.3) is 16.8 Å². The monoisotopic (exact) mass is 431 g/mol. The molecule has 6 nitrogen and oxygen atoms in total. The van der Waals surface area contributed by atoms with Gasteiger partial charge in [-0.1, -0.05) is 61.7 Å². The standard InChI is InChI=1S/C26H29N3O3/c30-24-22(23(25(24)31)29-21-9-5-2-6-10-21)28-17-19-11-13-20(14-12-19)26(32)27-16-15-18-7-3-1-4-8-18/h1,3-4,7-8,11-14,21,28-29H,2,5-6,9-10,15-17H2,(H,27,32). The van der Waals surface area contributed by atoms with Crippen LogP contribution in [0.2, 0.25) is 0 Å². The molecule has 0 atom stereocenters. The molecule has 0 radical (unpaired) electrons. The van der Waals surface area contributed by atoms with Crippen LogP contribution in [0.25, 0.3) is 0 Å². The first-order valence-corrected chi connectivity index (χ1v) is 11.4. The van der Waals surface area contributed by atoms with Gasteiger partial charge in [-0.2, -0.15) is 0 Å². The van der Waals surface area contributed by atoms with Crippen LogP contribution in [-0.2, 0) is 13.0 Å². The fraction of sp³-hybridized carbons (Fsp3) is 0.346. The lowest BCUT2D eigenvalue weighted by Gasteiger charge is -2.25. The van der Waals surface area contributed by atoms with Gasteiger partial charge in [-0.25, -0.2) is 0 Å². The van der Waals surface area contributed by atoms with E-state index in [2.05, 4.69) is 16.0 Å². The quantitative estimate of drug-likeness (QED) is 0.451. The number of carbonyl (C=O) groups excluding carboxylic acids is 1. The molecule has 0 bridgehead atoms. The predicted octanol–water partition coefficient (Wildman–Crippen LogP) is 3.61. The molecule has 0 saturated heterocycles. The zero-order valence-electron chi connectivity index (χ0n) is 18.2. The summed E-state index contributed by atoms with van der Waals surface area (Å²) < 4.78 is 0. The summed E-state index contributed by atoms with van der Waals surface area (Å²) in [5.41, 5.74) is 2.63. The molecule has 0 unspecified atom stereocenters. The molecule has 0 heterocycles. The van der Waals surface area contributed by atoms with E-state index in [0.29, 0.717) is 30.0 Å². The van der Waals surface area contributed by atoms with Crippen molar-refractivity contribution < 1.29 is 4.79 Å². The molecule has 0 aliphatic heterocycles. The van der Waals surface area contributed by atoms with Gasteiger partial charge in [0.1, 0.15) is 11.4 Å². The van der Waals surface area contributed by atoms with Crippen molar-refractivity contribution in [3.05, 3.63) is 91.7 Å². The molecular weight excluding hydrogens is 402 g/mol. The number of amides is 1. The van der Waals surface area contributed by atoms with E-state index in [9.17, 15) is 14.4 Å². The summed E-state index contributed by atoms with van der Waals surface area (Å²) in [5.74, 6) is -0.109. The van der Waals surface area contributed by atoms with E-state index in [1.54, 1.807) is 12.1 Å². The van der Waals surface area contributed by atoms with Crippen molar-refractivity contribution in [1.29, 1.82) is 0 Å². The van der Waals surface area contributed by atoms with E-state index in [0.717, 1.165) is 37.7 Å². The van der Waals surface area contributed by atoms with Crippen LogP contribution < -0.4 is 26.8 Å². The van der Waals surface area contributed by atoms with Crippen molar-refractivity contribution >= 4 is 17.3 Å². The average molecular weight is 432 g/mol. The van der Waals surface area contributed by atoms with E-state index in [1.807, 2.05) is 42.5 Å². The van der Waals surface area contributed by atoms with Crippen LogP contribution in [-0.4, -0.2) is 18.5 Å². The molecule has 166 valence electrons. The van der Waals surface area contributed by atoms with Crippen molar-refractivity contribution in [3.63, 3.8) is 0 Å². The van der Waals surface area contributed by atoms with Gasteiger partial charge in [-0.3, -0.25) is 14.4 Å². The van der Waals surface area contributed by atoms with Crippen LogP contribution >= 0.6 is 0 Å². The van der Waals surface area contributed by atoms with Crippen LogP contribution in [0.15, 0.2) is 64.2 Å². The van der Waals surface area contributed by atoms with Gasteiger partial charge in [0.15, 0.2) is 0 Å². The minimum absolute atomic E-state index is 0.109. The van der Waals surface area contributed by atoms with Crippen LogP contribution in [0, 0.1) is 0 Å². The molecule has 1 fully saturated rings. The first-order chi connectivity index (χ1) is 15.6. The maximum atomic E-state index is 12.4. The lowest BCUT2D eigenvalue weighted by atomic mass is 9.95.